The highest BCUT2D eigenvalue weighted by atomic mass is 32.4. The van der Waals surface area contributed by atoms with Gasteiger partial charge < -0.3 is 9.34 Å². The third kappa shape index (κ3) is 2.84. The van der Waals surface area contributed by atoms with Crippen LogP contribution in [0.3, 0.4) is 0 Å². The zero-order valence-electron chi connectivity index (χ0n) is 13.7. The minimum atomic E-state index is -1.98. The van der Waals surface area contributed by atoms with Crippen molar-refractivity contribution >= 4 is 29.5 Å². The number of hydrogen-bond donors (Lipinski definition) is 0. The van der Waals surface area contributed by atoms with E-state index in [9.17, 15) is 0 Å². The average Bonchev–Trinajstić information content (AvgIpc) is 2.95. The summed E-state index contributed by atoms with van der Waals surface area (Å²) in [5.41, 5.74) is 2.48. The van der Waals surface area contributed by atoms with Crippen LogP contribution in [0.2, 0.25) is 0 Å². The quantitative estimate of drug-likeness (QED) is 0.664. The van der Waals surface area contributed by atoms with Gasteiger partial charge >= 0.3 is 0 Å². The standard InChI is InChI=1S/C19H23N2PS/c1-3-19(4-2)22(23)20(17-11-7-5-8-12-17)15-16-21(22)18-13-9-6-10-14-18/h3,5-14H,4,15-16H2,1-2H3/b19-3-. The van der Waals surface area contributed by atoms with Gasteiger partial charge in [0.2, 0.25) is 0 Å². The highest BCUT2D eigenvalue weighted by molar-refractivity contribution is 8.18. The number of para-hydroxylation sites is 2. The molecule has 1 heterocycles. The first-order valence-corrected chi connectivity index (χ1v) is 10.8. The van der Waals surface area contributed by atoms with E-state index in [0.29, 0.717) is 0 Å². The van der Waals surface area contributed by atoms with E-state index in [0.717, 1.165) is 19.5 Å². The summed E-state index contributed by atoms with van der Waals surface area (Å²) in [7, 11) is 0. The smallest absolute Gasteiger partial charge is 0.149 e. The Kier molecular flexibility index (Phi) is 4.89. The molecule has 1 saturated heterocycles. The van der Waals surface area contributed by atoms with Gasteiger partial charge in [-0.3, -0.25) is 0 Å². The van der Waals surface area contributed by atoms with Crippen molar-refractivity contribution in [2.45, 2.75) is 20.3 Å². The summed E-state index contributed by atoms with van der Waals surface area (Å²) in [4.78, 5) is 0. The summed E-state index contributed by atoms with van der Waals surface area (Å²) in [5.74, 6) is 0. The summed E-state index contributed by atoms with van der Waals surface area (Å²) in [5, 5.41) is 1.39. The van der Waals surface area contributed by atoms with Crippen molar-refractivity contribution in [2.75, 3.05) is 22.4 Å². The molecule has 1 aliphatic rings. The van der Waals surface area contributed by atoms with Gasteiger partial charge in [-0.1, -0.05) is 49.4 Å². The van der Waals surface area contributed by atoms with Crippen molar-refractivity contribution in [2.24, 2.45) is 0 Å². The highest BCUT2D eigenvalue weighted by Crippen LogP contribution is 2.66. The number of anilines is 2. The molecular weight excluding hydrogens is 319 g/mol. The number of allylic oxidation sites excluding steroid dienone is 2. The fraction of sp³-hybridized carbons (Fsp3) is 0.263. The molecule has 0 aromatic heterocycles. The van der Waals surface area contributed by atoms with E-state index in [1.54, 1.807) is 0 Å². The van der Waals surface area contributed by atoms with Gasteiger partial charge in [0.25, 0.3) is 0 Å². The molecule has 2 nitrogen and oxygen atoms in total. The molecule has 0 aliphatic carbocycles. The maximum atomic E-state index is 6.39. The number of hydrogen-bond acceptors (Lipinski definition) is 1. The van der Waals surface area contributed by atoms with Crippen LogP contribution in [0.5, 0.6) is 0 Å². The summed E-state index contributed by atoms with van der Waals surface area (Å²) in [6, 6.07) is 21.2. The predicted octanol–water partition coefficient (Wildman–Crippen LogP) is 5.64. The Morgan fingerprint density at radius 2 is 1.39 bits per heavy atom. The summed E-state index contributed by atoms with van der Waals surface area (Å²) >= 11 is 6.39. The second-order valence-electron chi connectivity index (χ2n) is 5.59. The van der Waals surface area contributed by atoms with Crippen LogP contribution in [-0.4, -0.2) is 13.1 Å². The van der Waals surface area contributed by atoms with Gasteiger partial charge in [0.1, 0.15) is 6.34 Å². The fourth-order valence-electron chi connectivity index (χ4n) is 3.25. The molecule has 0 atom stereocenters. The number of nitrogens with zero attached hydrogens (tertiary/aromatic N) is 2. The zero-order valence-corrected chi connectivity index (χ0v) is 15.4. The molecule has 120 valence electrons. The van der Waals surface area contributed by atoms with Crippen LogP contribution >= 0.6 is 6.34 Å². The van der Waals surface area contributed by atoms with Gasteiger partial charge in [-0.15, -0.1) is 0 Å². The first kappa shape index (κ1) is 16.3. The lowest BCUT2D eigenvalue weighted by Crippen LogP contribution is -2.19. The first-order chi connectivity index (χ1) is 11.2. The fourth-order valence-corrected chi connectivity index (χ4v) is 8.25. The summed E-state index contributed by atoms with van der Waals surface area (Å²) in [6.45, 7) is 6.30. The van der Waals surface area contributed by atoms with E-state index in [2.05, 4.69) is 89.9 Å². The molecule has 4 heteroatoms. The Balaban J connectivity index is 2.11. The van der Waals surface area contributed by atoms with Crippen LogP contribution in [-0.2, 0) is 11.8 Å². The molecule has 2 aromatic rings. The Morgan fingerprint density at radius 3 is 1.74 bits per heavy atom. The number of benzene rings is 2. The van der Waals surface area contributed by atoms with Crippen LogP contribution < -0.4 is 9.34 Å². The molecule has 0 saturated carbocycles. The van der Waals surface area contributed by atoms with E-state index >= 15 is 0 Å². The monoisotopic (exact) mass is 342 g/mol. The van der Waals surface area contributed by atoms with Crippen molar-refractivity contribution in [1.82, 2.24) is 0 Å². The van der Waals surface area contributed by atoms with Gasteiger partial charge in [0.05, 0.1) is 0 Å². The third-order valence-electron chi connectivity index (χ3n) is 4.36. The van der Waals surface area contributed by atoms with Gasteiger partial charge in [-0.2, -0.15) is 0 Å². The Hall–Kier alpha value is -1.57. The van der Waals surface area contributed by atoms with E-state index in [-0.39, 0.29) is 0 Å². The minimum absolute atomic E-state index is 0.980. The van der Waals surface area contributed by atoms with Crippen LogP contribution in [0.25, 0.3) is 0 Å². The Bertz CT molecular complexity index is 676. The molecule has 0 amide bonds. The van der Waals surface area contributed by atoms with Crippen molar-refractivity contribution in [3.8, 4) is 0 Å². The zero-order chi connectivity index (χ0) is 16.3. The van der Waals surface area contributed by atoms with Gasteiger partial charge in [0, 0.05) is 24.5 Å². The van der Waals surface area contributed by atoms with Gasteiger partial charge in [-0.05, 0) is 54.7 Å². The van der Waals surface area contributed by atoms with E-state index < -0.39 is 6.34 Å². The molecule has 0 spiro atoms. The number of rotatable bonds is 4. The lowest BCUT2D eigenvalue weighted by molar-refractivity contribution is 1.02. The molecular formula is C19H23N2PS. The molecule has 1 aliphatic heterocycles. The highest BCUT2D eigenvalue weighted by Gasteiger charge is 2.40. The van der Waals surface area contributed by atoms with E-state index in [1.165, 1.54) is 16.7 Å². The van der Waals surface area contributed by atoms with Crippen molar-refractivity contribution in [3.05, 3.63) is 72.1 Å². The molecule has 0 radical (unpaired) electrons. The maximum Gasteiger partial charge on any atom is 0.149 e. The summed E-state index contributed by atoms with van der Waals surface area (Å²) in [6.07, 6.45) is 1.25. The second-order valence-corrected chi connectivity index (χ2v) is 9.75. The van der Waals surface area contributed by atoms with Crippen molar-refractivity contribution in [1.29, 1.82) is 0 Å². The van der Waals surface area contributed by atoms with E-state index in [4.69, 9.17) is 11.8 Å². The molecule has 23 heavy (non-hydrogen) atoms. The molecule has 0 N–H and O–H groups in total. The topological polar surface area (TPSA) is 6.48 Å². The lowest BCUT2D eigenvalue weighted by atomic mass is 10.3. The molecule has 0 unspecified atom stereocenters. The Labute approximate surface area is 144 Å². The van der Waals surface area contributed by atoms with Gasteiger partial charge in [0.15, 0.2) is 0 Å². The van der Waals surface area contributed by atoms with Crippen molar-refractivity contribution in [3.63, 3.8) is 0 Å². The molecule has 1 fully saturated rings. The lowest BCUT2D eigenvalue weighted by Gasteiger charge is -2.38. The average molecular weight is 342 g/mol. The third-order valence-corrected chi connectivity index (χ3v) is 9.74. The van der Waals surface area contributed by atoms with Gasteiger partial charge in [-0.25, -0.2) is 0 Å². The van der Waals surface area contributed by atoms with Crippen LogP contribution in [0.15, 0.2) is 72.1 Å². The van der Waals surface area contributed by atoms with Crippen LogP contribution in [0, 0.1) is 0 Å². The second kappa shape index (κ2) is 6.90. The first-order valence-electron chi connectivity index (χ1n) is 8.13. The normalized spacial score (nSPS) is 17.6. The minimum Gasteiger partial charge on any atom is -0.323 e. The predicted molar refractivity (Wildman–Crippen MR) is 106 cm³/mol. The maximum absolute atomic E-state index is 6.39. The summed E-state index contributed by atoms with van der Waals surface area (Å²) < 4.78 is 4.93. The van der Waals surface area contributed by atoms with E-state index in [1.807, 2.05) is 0 Å². The molecule has 2 aromatic carbocycles. The van der Waals surface area contributed by atoms with Crippen molar-refractivity contribution < 1.29 is 0 Å². The van der Waals surface area contributed by atoms with Crippen LogP contribution in [0.4, 0.5) is 11.4 Å². The molecule has 3 rings (SSSR count). The SMILES string of the molecule is C/C=C(/CC)P1(=S)N(c2ccccc2)CCN1c1ccccc1. The Morgan fingerprint density at radius 1 is 0.957 bits per heavy atom. The molecule has 0 bridgehead atoms. The largest absolute Gasteiger partial charge is 0.323 e. The van der Waals surface area contributed by atoms with Crippen LogP contribution in [0.1, 0.15) is 20.3 Å².